The number of amidine groups is 2. The maximum Gasteiger partial charge on any atom is 0.154 e. The number of para-hydroxylation sites is 3. The number of nitrogens with one attached hydrogen (secondary N) is 2. The number of aromatic nitrogens is 2. The minimum Gasteiger partial charge on any atom is -0.340 e. The lowest BCUT2D eigenvalue weighted by Gasteiger charge is -2.18. The van der Waals surface area contributed by atoms with Crippen molar-refractivity contribution >= 4 is 56.1 Å². The highest BCUT2D eigenvalue weighted by molar-refractivity contribution is 6.19. The Balaban J connectivity index is 1.23. The van der Waals surface area contributed by atoms with E-state index in [1.54, 1.807) is 12.1 Å². The summed E-state index contributed by atoms with van der Waals surface area (Å²) in [5.74, 6) is 0.187. The topological polar surface area (TPSA) is 58.1 Å². The van der Waals surface area contributed by atoms with Gasteiger partial charge < -0.3 is 14.5 Å². The van der Waals surface area contributed by atoms with Crippen molar-refractivity contribution < 1.29 is 4.39 Å². The van der Waals surface area contributed by atoms with E-state index >= 15 is 4.39 Å². The standard InChI is InChI=1S/C50H36FN5/c51-44-23-11-7-19-38(44)37-29-27-35(31-43(37)50(53-34-17-5-2-6-18-34)54-49(52)33-15-3-1-4-16-33)56-47-26-14-10-22-41(47)42-30-28-36(32-48(42)56)55-45-24-12-8-20-39(45)40-21-9-13-25-46(40)55/h1-8,10-20,22-32H,9,21H2,(H2,52,53,54). The summed E-state index contributed by atoms with van der Waals surface area (Å²) in [4.78, 5) is 4.94. The summed E-state index contributed by atoms with van der Waals surface area (Å²) in [7, 11) is 0. The predicted octanol–water partition coefficient (Wildman–Crippen LogP) is 12.4. The van der Waals surface area contributed by atoms with Crippen LogP contribution in [0.5, 0.6) is 0 Å². The molecule has 10 rings (SSSR count). The molecule has 0 fully saturated rings. The summed E-state index contributed by atoms with van der Waals surface area (Å²) in [6, 6.07) is 56.1. The van der Waals surface area contributed by atoms with E-state index in [-0.39, 0.29) is 11.7 Å². The number of hydrogen-bond acceptors (Lipinski definition) is 1. The molecule has 5 nitrogen and oxygen atoms in total. The van der Waals surface area contributed by atoms with Gasteiger partial charge in [0.2, 0.25) is 0 Å². The molecule has 0 unspecified atom stereocenters. The first-order valence-electron chi connectivity index (χ1n) is 18.9. The summed E-state index contributed by atoms with van der Waals surface area (Å²) in [6.45, 7) is 0. The zero-order valence-electron chi connectivity index (χ0n) is 30.5. The summed E-state index contributed by atoms with van der Waals surface area (Å²) in [5.41, 5.74) is 11.1. The van der Waals surface area contributed by atoms with Crippen LogP contribution in [-0.2, 0) is 6.42 Å². The third kappa shape index (κ3) is 5.71. The van der Waals surface area contributed by atoms with Gasteiger partial charge in [-0.15, -0.1) is 0 Å². The van der Waals surface area contributed by atoms with Gasteiger partial charge in [0.1, 0.15) is 11.7 Å². The molecule has 1 aliphatic carbocycles. The number of hydrogen-bond donors (Lipinski definition) is 2. The molecule has 56 heavy (non-hydrogen) atoms. The molecule has 0 radical (unpaired) electrons. The Bertz CT molecular complexity index is 3020. The van der Waals surface area contributed by atoms with Gasteiger partial charge in [-0.25, -0.2) is 9.38 Å². The van der Waals surface area contributed by atoms with Crippen LogP contribution in [0.3, 0.4) is 0 Å². The van der Waals surface area contributed by atoms with Crippen molar-refractivity contribution in [3.05, 3.63) is 204 Å². The van der Waals surface area contributed by atoms with Gasteiger partial charge >= 0.3 is 0 Å². The van der Waals surface area contributed by atoms with E-state index in [0.717, 1.165) is 51.7 Å². The van der Waals surface area contributed by atoms with Crippen LogP contribution in [0.4, 0.5) is 10.1 Å². The summed E-state index contributed by atoms with van der Waals surface area (Å²) >= 11 is 0. The van der Waals surface area contributed by atoms with Crippen LogP contribution in [0, 0.1) is 11.2 Å². The predicted molar refractivity (Wildman–Crippen MR) is 230 cm³/mol. The van der Waals surface area contributed by atoms with E-state index in [2.05, 4.69) is 105 Å². The molecule has 0 aliphatic heterocycles. The van der Waals surface area contributed by atoms with Crippen LogP contribution in [0.2, 0.25) is 0 Å². The van der Waals surface area contributed by atoms with Crippen LogP contribution in [-0.4, -0.2) is 20.8 Å². The Labute approximate surface area is 323 Å². The van der Waals surface area contributed by atoms with Crippen molar-refractivity contribution in [2.75, 3.05) is 5.32 Å². The maximum atomic E-state index is 15.8. The van der Waals surface area contributed by atoms with E-state index in [4.69, 9.17) is 10.4 Å². The minimum absolute atomic E-state index is 0.0896. The van der Waals surface area contributed by atoms with Crippen LogP contribution in [0.25, 0.3) is 61.3 Å². The average molecular weight is 726 g/mol. The van der Waals surface area contributed by atoms with Crippen molar-refractivity contribution in [2.24, 2.45) is 4.99 Å². The molecule has 0 saturated heterocycles. The van der Waals surface area contributed by atoms with Crippen molar-refractivity contribution in [3.63, 3.8) is 0 Å². The number of rotatable bonds is 6. The number of allylic oxidation sites excluding steroid dienone is 1. The van der Waals surface area contributed by atoms with Gasteiger partial charge in [-0.2, -0.15) is 0 Å². The molecule has 2 N–H and O–H groups in total. The summed E-state index contributed by atoms with van der Waals surface area (Å²) in [5, 5.41) is 16.2. The third-order valence-corrected chi connectivity index (χ3v) is 10.8. The number of anilines is 1. The molecule has 2 heterocycles. The van der Waals surface area contributed by atoms with E-state index in [1.165, 1.54) is 28.2 Å². The molecule has 9 aromatic rings. The average Bonchev–Trinajstić information content (AvgIpc) is 3.77. The molecule has 0 spiro atoms. The second kappa shape index (κ2) is 13.8. The van der Waals surface area contributed by atoms with Gasteiger partial charge in [0, 0.05) is 55.6 Å². The lowest BCUT2D eigenvalue weighted by atomic mass is 9.97. The van der Waals surface area contributed by atoms with Gasteiger partial charge in [0.05, 0.1) is 16.6 Å². The molecule has 2 aromatic heterocycles. The molecule has 7 aromatic carbocycles. The van der Waals surface area contributed by atoms with Gasteiger partial charge in [-0.1, -0.05) is 121 Å². The molecule has 0 saturated carbocycles. The van der Waals surface area contributed by atoms with Crippen LogP contribution in [0.1, 0.15) is 28.8 Å². The molecule has 268 valence electrons. The molecular weight excluding hydrogens is 690 g/mol. The van der Waals surface area contributed by atoms with Crippen molar-refractivity contribution in [2.45, 2.75) is 12.8 Å². The number of nitrogens with zero attached hydrogens (tertiary/aromatic N) is 3. The van der Waals surface area contributed by atoms with Gasteiger partial charge in [0.25, 0.3) is 0 Å². The summed E-state index contributed by atoms with van der Waals surface area (Å²) in [6.07, 6.45) is 6.59. The second-order valence-corrected chi connectivity index (χ2v) is 14.1. The number of aryl methyl sites for hydroxylation is 1. The highest BCUT2D eigenvalue weighted by Gasteiger charge is 2.22. The molecule has 0 amide bonds. The lowest BCUT2D eigenvalue weighted by molar-refractivity contribution is 0.631. The van der Waals surface area contributed by atoms with Gasteiger partial charge in [-0.05, 0) is 84.6 Å². The monoisotopic (exact) mass is 725 g/mol. The minimum atomic E-state index is -0.337. The van der Waals surface area contributed by atoms with Crippen molar-refractivity contribution in [1.82, 2.24) is 9.13 Å². The van der Waals surface area contributed by atoms with Crippen molar-refractivity contribution in [3.8, 4) is 22.5 Å². The number of halogens is 1. The number of fused-ring (bicyclic) bond motifs is 6. The highest BCUT2D eigenvalue weighted by atomic mass is 19.1. The first-order chi connectivity index (χ1) is 27.6. The zero-order valence-corrected chi connectivity index (χ0v) is 30.5. The molecule has 1 aliphatic rings. The van der Waals surface area contributed by atoms with Crippen LogP contribution in [0.15, 0.2) is 181 Å². The smallest absolute Gasteiger partial charge is 0.154 e. The third-order valence-electron chi connectivity index (χ3n) is 10.8. The van der Waals surface area contributed by atoms with Gasteiger partial charge in [0.15, 0.2) is 5.84 Å². The second-order valence-electron chi connectivity index (χ2n) is 14.1. The molecule has 6 heteroatoms. The summed E-state index contributed by atoms with van der Waals surface area (Å²) < 4.78 is 20.4. The van der Waals surface area contributed by atoms with Crippen LogP contribution < -0.4 is 5.32 Å². The fourth-order valence-electron chi connectivity index (χ4n) is 8.21. The largest absolute Gasteiger partial charge is 0.340 e. The van der Waals surface area contributed by atoms with E-state index in [9.17, 15) is 0 Å². The Morgan fingerprint density at radius 1 is 0.589 bits per heavy atom. The zero-order chi connectivity index (χ0) is 37.6. The maximum absolute atomic E-state index is 15.8. The van der Waals surface area contributed by atoms with Crippen LogP contribution >= 0.6 is 0 Å². The Kier molecular flexibility index (Phi) is 8.22. The normalized spacial score (nSPS) is 12.7. The van der Waals surface area contributed by atoms with E-state index in [1.807, 2.05) is 72.8 Å². The Hall–Kier alpha value is -7.31. The number of aliphatic imine (C=N–C) groups is 1. The SMILES string of the molecule is N=C(N=C(Nc1ccccc1)c1cc(-n2c3ccccc3c3ccc(-n4c5c(c6ccccc64)CCC=C5)cc32)ccc1-c1ccccc1F)c1ccccc1. The fraction of sp³-hybridized carbons (Fsp3) is 0.0400. The first kappa shape index (κ1) is 33.3. The van der Waals surface area contributed by atoms with Crippen molar-refractivity contribution in [1.29, 1.82) is 5.41 Å². The molecule has 0 bridgehead atoms. The quantitative estimate of drug-likeness (QED) is 0.130. The van der Waals surface area contributed by atoms with E-state index < -0.39 is 0 Å². The first-order valence-corrected chi connectivity index (χ1v) is 18.9. The Morgan fingerprint density at radius 3 is 2.04 bits per heavy atom. The Morgan fingerprint density at radius 2 is 1.23 bits per heavy atom. The number of benzene rings is 7. The highest BCUT2D eigenvalue weighted by Crippen LogP contribution is 2.39. The fourth-order valence-corrected chi connectivity index (χ4v) is 8.21. The van der Waals surface area contributed by atoms with E-state index in [0.29, 0.717) is 28.1 Å². The lowest BCUT2D eigenvalue weighted by Crippen LogP contribution is -2.18. The molecular formula is C50H36FN5. The molecule has 0 atom stereocenters. The van der Waals surface area contributed by atoms with Gasteiger partial charge in [-0.3, -0.25) is 5.41 Å².